The van der Waals surface area contributed by atoms with Crippen LogP contribution in [0.5, 0.6) is 0 Å². The van der Waals surface area contributed by atoms with Crippen molar-refractivity contribution >= 4 is 5.97 Å². The van der Waals surface area contributed by atoms with Crippen molar-refractivity contribution in [3.63, 3.8) is 0 Å². The van der Waals surface area contributed by atoms with Gasteiger partial charge < -0.3 is 9.84 Å². The molecule has 100 valence electrons. The van der Waals surface area contributed by atoms with E-state index >= 15 is 0 Å². The predicted octanol–water partition coefficient (Wildman–Crippen LogP) is 1.99. The number of carboxylic acids is 1. The van der Waals surface area contributed by atoms with Crippen LogP contribution in [-0.4, -0.2) is 48.3 Å². The van der Waals surface area contributed by atoms with Gasteiger partial charge in [0.05, 0.1) is 13.0 Å². The fourth-order valence-electron chi connectivity index (χ4n) is 2.46. The second kappa shape index (κ2) is 6.97. The van der Waals surface area contributed by atoms with Gasteiger partial charge in [-0.3, -0.25) is 9.69 Å². The number of aliphatic carboxylic acids is 1. The number of carboxylic acid groups (broad SMARTS) is 1. The van der Waals surface area contributed by atoms with Gasteiger partial charge in [-0.2, -0.15) is 0 Å². The van der Waals surface area contributed by atoms with Crippen molar-refractivity contribution < 1.29 is 14.6 Å². The summed E-state index contributed by atoms with van der Waals surface area (Å²) in [6.45, 7) is 5.79. The van der Waals surface area contributed by atoms with E-state index in [2.05, 4.69) is 18.7 Å². The number of carbonyl (C=O) groups is 1. The summed E-state index contributed by atoms with van der Waals surface area (Å²) in [4.78, 5) is 13.2. The fourth-order valence-corrected chi connectivity index (χ4v) is 2.46. The number of methoxy groups -OCH3 is 1. The first kappa shape index (κ1) is 14.5. The maximum absolute atomic E-state index is 10.9. The van der Waals surface area contributed by atoms with Crippen molar-refractivity contribution in [2.24, 2.45) is 5.92 Å². The smallest absolute Gasteiger partial charge is 0.304 e. The lowest BCUT2D eigenvalue weighted by molar-refractivity contribution is -0.138. The van der Waals surface area contributed by atoms with Crippen LogP contribution in [0.25, 0.3) is 0 Å². The summed E-state index contributed by atoms with van der Waals surface area (Å²) in [5, 5.41) is 8.97. The molecule has 2 atom stereocenters. The van der Waals surface area contributed by atoms with Crippen molar-refractivity contribution in [1.82, 2.24) is 4.90 Å². The summed E-state index contributed by atoms with van der Waals surface area (Å²) >= 11 is 0. The Hall–Kier alpha value is -0.610. The summed E-state index contributed by atoms with van der Waals surface area (Å²) in [5.74, 6) is 0.0527. The minimum absolute atomic E-state index is 0.137. The van der Waals surface area contributed by atoms with Crippen molar-refractivity contribution in [2.45, 2.75) is 51.6 Å². The van der Waals surface area contributed by atoms with Gasteiger partial charge in [-0.1, -0.05) is 6.92 Å². The van der Waals surface area contributed by atoms with Crippen LogP contribution in [-0.2, 0) is 9.53 Å². The first-order valence-corrected chi connectivity index (χ1v) is 6.56. The Morgan fingerprint density at radius 1 is 1.53 bits per heavy atom. The van der Waals surface area contributed by atoms with Gasteiger partial charge in [-0.15, -0.1) is 0 Å². The van der Waals surface area contributed by atoms with Gasteiger partial charge in [0.2, 0.25) is 0 Å². The minimum atomic E-state index is -0.706. The topological polar surface area (TPSA) is 49.8 Å². The Kier molecular flexibility index (Phi) is 5.92. The molecule has 17 heavy (non-hydrogen) atoms. The zero-order valence-corrected chi connectivity index (χ0v) is 11.2. The van der Waals surface area contributed by atoms with Crippen LogP contribution in [0, 0.1) is 5.92 Å². The summed E-state index contributed by atoms with van der Waals surface area (Å²) in [5.41, 5.74) is 0. The molecule has 0 amide bonds. The highest BCUT2D eigenvalue weighted by Crippen LogP contribution is 2.36. The fraction of sp³-hybridized carbons (Fsp3) is 0.923. The summed E-state index contributed by atoms with van der Waals surface area (Å²) < 4.78 is 5.13. The summed E-state index contributed by atoms with van der Waals surface area (Å²) in [6, 6.07) is 0.618. The predicted molar refractivity (Wildman–Crippen MR) is 67.1 cm³/mol. The molecule has 0 aromatic heterocycles. The second-order valence-electron chi connectivity index (χ2n) is 4.97. The molecule has 4 heteroatoms. The van der Waals surface area contributed by atoms with Crippen LogP contribution in [0.15, 0.2) is 0 Å². The van der Waals surface area contributed by atoms with Gasteiger partial charge in [-0.25, -0.2) is 0 Å². The lowest BCUT2D eigenvalue weighted by Crippen LogP contribution is -2.45. The Labute approximate surface area is 104 Å². The maximum atomic E-state index is 10.9. The van der Waals surface area contributed by atoms with E-state index in [0.717, 1.165) is 18.9 Å². The molecule has 1 saturated carbocycles. The molecule has 0 aromatic rings. The van der Waals surface area contributed by atoms with Gasteiger partial charge in [0.25, 0.3) is 0 Å². The third kappa shape index (κ3) is 4.64. The quantitative estimate of drug-likeness (QED) is 0.673. The Bertz CT molecular complexity index is 241. The molecule has 0 aliphatic heterocycles. The molecular formula is C13H25NO3. The molecule has 1 N–H and O–H groups in total. The lowest BCUT2D eigenvalue weighted by atomic mass is 10.0. The zero-order chi connectivity index (χ0) is 12.8. The number of ether oxygens (including phenoxy) is 1. The molecule has 4 nitrogen and oxygen atoms in total. The largest absolute Gasteiger partial charge is 0.481 e. The normalized spacial score (nSPS) is 19.3. The number of nitrogens with zero attached hydrogens (tertiary/aromatic N) is 1. The summed E-state index contributed by atoms with van der Waals surface area (Å²) in [6.07, 6.45) is 3.69. The molecule has 0 heterocycles. The first-order valence-electron chi connectivity index (χ1n) is 6.56. The average molecular weight is 243 g/mol. The van der Waals surface area contributed by atoms with Crippen molar-refractivity contribution in [3.05, 3.63) is 0 Å². The van der Waals surface area contributed by atoms with E-state index in [1.807, 2.05) is 0 Å². The van der Waals surface area contributed by atoms with Gasteiger partial charge >= 0.3 is 5.97 Å². The van der Waals surface area contributed by atoms with E-state index in [4.69, 9.17) is 9.84 Å². The van der Waals surface area contributed by atoms with E-state index in [1.54, 1.807) is 7.11 Å². The highest BCUT2D eigenvalue weighted by atomic mass is 16.5. The Morgan fingerprint density at radius 2 is 2.18 bits per heavy atom. The number of rotatable bonds is 9. The monoisotopic (exact) mass is 243 g/mol. The highest BCUT2D eigenvalue weighted by Gasteiger charge is 2.34. The van der Waals surface area contributed by atoms with Crippen LogP contribution < -0.4 is 0 Å². The van der Waals surface area contributed by atoms with E-state index in [9.17, 15) is 4.79 Å². The van der Waals surface area contributed by atoms with E-state index < -0.39 is 5.97 Å². The van der Waals surface area contributed by atoms with E-state index in [-0.39, 0.29) is 12.5 Å². The van der Waals surface area contributed by atoms with Gasteiger partial charge in [0.15, 0.2) is 0 Å². The molecule has 1 aliphatic carbocycles. The Balaban J connectivity index is 2.59. The number of hydrogen-bond donors (Lipinski definition) is 1. The molecule has 2 unspecified atom stereocenters. The zero-order valence-electron chi connectivity index (χ0n) is 11.2. The van der Waals surface area contributed by atoms with Crippen molar-refractivity contribution in [2.75, 3.05) is 20.3 Å². The van der Waals surface area contributed by atoms with Crippen LogP contribution in [0.1, 0.15) is 39.5 Å². The molecule has 1 fully saturated rings. The molecular weight excluding hydrogens is 218 g/mol. The van der Waals surface area contributed by atoms with E-state index in [0.29, 0.717) is 12.6 Å². The SMILES string of the molecule is CCC(CC(=O)O)N(CCOC)C(C)C1CC1. The van der Waals surface area contributed by atoms with Crippen LogP contribution in [0.2, 0.25) is 0 Å². The van der Waals surface area contributed by atoms with Crippen LogP contribution in [0.4, 0.5) is 0 Å². The molecule has 1 rings (SSSR count). The lowest BCUT2D eigenvalue weighted by Gasteiger charge is -2.35. The van der Waals surface area contributed by atoms with Crippen LogP contribution >= 0.6 is 0 Å². The molecule has 0 aromatic carbocycles. The first-order chi connectivity index (χ1) is 8.10. The van der Waals surface area contributed by atoms with E-state index in [1.165, 1.54) is 12.8 Å². The summed E-state index contributed by atoms with van der Waals surface area (Å²) in [7, 11) is 1.69. The molecule has 0 bridgehead atoms. The van der Waals surface area contributed by atoms with Gasteiger partial charge in [-0.05, 0) is 32.1 Å². The third-order valence-electron chi connectivity index (χ3n) is 3.73. The second-order valence-corrected chi connectivity index (χ2v) is 4.97. The third-order valence-corrected chi connectivity index (χ3v) is 3.73. The molecule has 0 saturated heterocycles. The standard InChI is InChI=1S/C13H25NO3/c1-4-12(9-13(15)16)14(7-8-17-3)10(2)11-5-6-11/h10-12H,4-9H2,1-3H3,(H,15,16). The molecule has 0 spiro atoms. The van der Waals surface area contributed by atoms with Crippen molar-refractivity contribution in [3.8, 4) is 0 Å². The molecule has 1 aliphatic rings. The van der Waals surface area contributed by atoms with Crippen molar-refractivity contribution in [1.29, 1.82) is 0 Å². The minimum Gasteiger partial charge on any atom is -0.481 e. The average Bonchev–Trinajstić information content (AvgIpc) is 3.10. The van der Waals surface area contributed by atoms with Gasteiger partial charge in [0, 0.05) is 25.7 Å². The van der Waals surface area contributed by atoms with Gasteiger partial charge in [0.1, 0.15) is 0 Å². The maximum Gasteiger partial charge on any atom is 0.304 e. The Morgan fingerprint density at radius 3 is 2.59 bits per heavy atom. The molecule has 0 radical (unpaired) electrons. The number of hydrogen-bond acceptors (Lipinski definition) is 3. The highest BCUT2D eigenvalue weighted by molar-refractivity contribution is 5.67. The van der Waals surface area contributed by atoms with Crippen LogP contribution in [0.3, 0.4) is 0 Å².